The van der Waals surface area contributed by atoms with Crippen molar-refractivity contribution in [2.45, 2.75) is 19.8 Å². The van der Waals surface area contributed by atoms with E-state index in [9.17, 15) is 9.18 Å². The van der Waals surface area contributed by atoms with E-state index in [1.54, 1.807) is 17.0 Å². The van der Waals surface area contributed by atoms with Crippen molar-refractivity contribution < 1.29 is 9.23 Å². The normalized spacial score (nSPS) is 11.0. The van der Waals surface area contributed by atoms with Crippen molar-refractivity contribution in [1.29, 1.82) is 0 Å². The zero-order chi connectivity index (χ0) is 17.3. The number of aromatic nitrogens is 4. The van der Waals surface area contributed by atoms with Crippen LogP contribution in [0.25, 0.3) is 5.69 Å². The first kappa shape index (κ1) is 16.1. The third-order valence-corrected chi connectivity index (χ3v) is 3.64. The maximum Gasteiger partial charge on any atom is 0.251 e. The number of hydrogen-bond donors (Lipinski definition) is 1. The average molecular weight is 346 g/mol. The van der Waals surface area contributed by atoms with E-state index in [2.05, 4.69) is 9.97 Å². The van der Waals surface area contributed by atoms with Crippen molar-refractivity contribution >= 4 is 12.2 Å². The second kappa shape index (κ2) is 6.40. The predicted molar refractivity (Wildman–Crippen MR) is 89.5 cm³/mol. The minimum atomic E-state index is -0.397. The molecule has 0 aliphatic carbocycles. The Kier molecular flexibility index (Phi) is 4.30. The number of halogens is 1. The maximum absolute atomic E-state index is 13.8. The molecule has 124 valence electrons. The standard InChI is InChI=1S/C16H15FN4O2S/c1-10(2)15-18-6-8-20(15)12-9-11(17)3-4-13(12)23-21-7-5-14(22)19-16(21)24/h3-10H,1-2H3,(H,19,22,24). The molecule has 0 bridgehead atoms. The second-order valence-electron chi connectivity index (χ2n) is 5.45. The van der Waals surface area contributed by atoms with Crippen molar-refractivity contribution in [3.8, 4) is 11.4 Å². The molecule has 1 N–H and O–H groups in total. The van der Waals surface area contributed by atoms with Crippen LogP contribution >= 0.6 is 12.2 Å². The number of H-pyrrole nitrogens is 1. The van der Waals surface area contributed by atoms with E-state index >= 15 is 0 Å². The molecule has 8 heteroatoms. The molecule has 0 atom stereocenters. The number of imidazole rings is 1. The molecule has 24 heavy (non-hydrogen) atoms. The highest BCUT2D eigenvalue weighted by molar-refractivity contribution is 7.71. The molecule has 3 rings (SSSR count). The Hall–Kier alpha value is -2.74. The average Bonchev–Trinajstić information content (AvgIpc) is 3.01. The minimum absolute atomic E-state index is 0.104. The molecule has 0 amide bonds. The van der Waals surface area contributed by atoms with Crippen LogP contribution in [-0.2, 0) is 0 Å². The Morgan fingerprint density at radius 2 is 2.08 bits per heavy atom. The first-order valence-electron chi connectivity index (χ1n) is 7.29. The molecular formula is C16H15FN4O2S. The van der Waals surface area contributed by atoms with Gasteiger partial charge in [0.15, 0.2) is 5.75 Å². The Balaban J connectivity index is 2.11. The summed E-state index contributed by atoms with van der Waals surface area (Å²) in [6, 6.07) is 5.44. The molecule has 0 saturated carbocycles. The first-order valence-corrected chi connectivity index (χ1v) is 7.70. The zero-order valence-electron chi connectivity index (χ0n) is 13.1. The lowest BCUT2D eigenvalue weighted by molar-refractivity contribution is 0.204. The molecule has 0 spiro atoms. The zero-order valence-corrected chi connectivity index (χ0v) is 13.9. The molecule has 0 radical (unpaired) electrons. The molecule has 0 saturated heterocycles. The number of hydrogen-bond acceptors (Lipinski definition) is 4. The number of aromatic amines is 1. The van der Waals surface area contributed by atoms with Gasteiger partial charge in [-0.15, -0.1) is 0 Å². The van der Waals surface area contributed by atoms with E-state index < -0.39 is 5.82 Å². The predicted octanol–water partition coefficient (Wildman–Crippen LogP) is 3.20. The Morgan fingerprint density at radius 3 is 2.79 bits per heavy atom. The monoisotopic (exact) mass is 346 g/mol. The lowest BCUT2D eigenvalue weighted by Crippen LogP contribution is -2.16. The van der Waals surface area contributed by atoms with Gasteiger partial charge in [-0.1, -0.05) is 13.8 Å². The minimum Gasteiger partial charge on any atom is -0.371 e. The summed E-state index contributed by atoms with van der Waals surface area (Å²) in [6.07, 6.45) is 4.80. The topological polar surface area (TPSA) is 64.8 Å². The van der Waals surface area contributed by atoms with Crippen molar-refractivity contribution in [3.63, 3.8) is 0 Å². The van der Waals surface area contributed by atoms with E-state index in [1.807, 2.05) is 13.8 Å². The third kappa shape index (κ3) is 3.13. The molecular weight excluding hydrogens is 331 g/mol. The van der Waals surface area contributed by atoms with Crippen LogP contribution < -0.4 is 10.4 Å². The summed E-state index contributed by atoms with van der Waals surface area (Å²) in [5.41, 5.74) is 0.167. The summed E-state index contributed by atoms with van der Waals surface area (Å²) in [4.78, 5) is 23.8. The van der Waals surface area contributed by atoms with Crippen molar-refractivity contribution in [2.75, 3.05) is 0 Å². The summed E-state index contributed by atoms with van der Waals surface area (Å²) in [6.45, 7) is 3.99. The highest BCUT2D eigenvalue weighted by atomic mass is 32.1. The maximum atomic E-state index is 13.8. The summed E-state index contributed by atoms with van der Waals surface area (Å²) in [7, 11) is 0. The van der Waals surface area contributed by atoms with Crippen LogP contribution in [0.1, 0.15) is 25.6 Å². The highest BCUT2D eigenvalue weighted by Crippen LogP contribution is 2.27. The fraction of sp³-hybridized carbons (Fsp3) is 0.188. The molecule has 1 aromatic carbocycles. The molecule has 0 aliphatic heterocycles. The van der Waals surface area contributed by atoms with Crippen LogP contribution in [0, 0.1) is 10.6 Å². The van der Waals surface area contributed by atoms with Gasteiger partial charge < -0.3 is 4.84 Å². The Bertz CT molecular complexity index is 990. The van der Waals surface area contributed by atoms with Crippen molar-refractivity contribution in [3.05, 3.63) is 69.6 Å². The molecule has 2 heterocycles. The number of benzene rings is 1. The summed E-state index contributed by atoms with van der Waals surface area (Å²) in [5.74, 6) is 0.896. The van der Waals surface area contributed by atoms with Gasteiger partial charge in [-0.05, 0) is 24.4 Å². The van der Waals surface area contributed by atoms with Gasteiger partial charge in [0.05, 0.1) is 11.9 Å². The molecule has 0 unspecified atom stereocenters. The molecule has 0 fully saturated rings. The van der Waals surface area contributed by atoms with Gasteiger partial charge in [0.25, 0.3) is 5.56 Å². The van der Waals surface area contributed by atoms with Gasteiger partial charge in [0.2, 0.25) is 4.77 Å². The Morgan fingerprint density at radius 1 is 1.29 bits per heavy atom. The van der Waals surface area contributed by atoms with E-state index in [0.29, 0.717) is 11.4 Å². The highest BCUT2D eigenvalue weighted by Gasteiger charge is 2.15. The van der Waals surface area contributed by atoms with Crippen LogP contribution in [-0.4, -0.2) is 19.3 Å². The first-order chi connectivity index (χ1) is 11.5. The molecule has 6 nitrogen and oxygen atoms in total. The van der Waals surface area contributed by atoms with E-state index in [-0.39, 0.29) is 16.2 Å². The largest absolute Gasteiger partial charge is 0.371 e. The van der Waals surface area contributed by atoms with E-state index in [0.717, 1.165) is 5.82 Å². The quantitative estimate of drug-likeness (QED) is 0.737. The van der Waals surface area contributed by atoms with Gasteiger partial charge in [0, 0.05) is 30.4 Å². The van der Waals surface area contributed by atoms with Crippen molar-refractivity contribution in [1.82, 2.24) is 19.3 Å². The van der Waals surface area contributed by atoms with E-state index in [4.69, 9.17) is 17.1 Å². The number of rotatable bonds is 4. The van der Waals surface area contributed by atoms with Gasteiger partial charge in [-0.2, -0.15) is 4.73 Å². The molecule has 3 aromatic rings. The van der Waals surface area contributed by atoms with E-state index in [1.165, 1.54) is 35.2 Å². The molecule has 2 aromatic heterocycles. The summed E-state index contributed by atoms with van der Waals surface area (Å²) >= 11 is 5.06. The summed E-state index contributed by atoms with van der Waals surface area (Å²) in [5, 5.41) is 0. The van der Waals surface area contributed by atoms with Gasteiger partial charge in [0.1, 0.15) is 11.6 Å². The van der Waals surface area contributed by atoms with Gasteiger partial charge in [-0.3, -0.25) is 14.3 Å². The third-order valence-electron chi connectivity index (χ3n) is 3.35. The fourth-order valence-corrected chi connectivity index (χ4v) is 2.48. The lowest BCUT2D eigenvalue weighted by Gasteiger charge is -2.16. The fourth-order valence-electron chi connectivity index (χ4n) is 2.28. The lowest BCUT2D eigenvalue weighted by atomic mass is 10.2. The summed E-state index contributed by atoms with van der Waals surface area (Å²) < 4.78 is 16.9. The van der Waals surface area contributed by atoms with Crippen LogP contribution in [0.2, 0.25) is 0 Å². The van der Waals surface area contributed by atoms with Crippen LogP contribution in [0.15, 0.2) is 47.7 Å². The number of nitrogens with zero attached hydrogens (tertiary/aromatic N) is 3. The van der Waals surface area contributed by atoms with Gasteiger partial charge >= 0.3 is 0 Å². The van der Waals surface area contributed by atoms with Crippen LogP contribution in [0.3, 0.4) is 0 Å². The molecule has 0 aliphatic rings. The van der Waals surface area contributed by atoms with Crippen LogP contribution in [0.5, 0.6) is 5.75 Å². The van der Waals surface area contributed by atoms with Crippen LogP contribution in [0.4, 0.5) is 4.39 Å². The number of nitrogens with one attached hydrogen (secondary N) is 1. The van der Waals surface area contributed by atoms with Gasteiger partial charge in [-0.25, -0.2) is 9.37 Å². The second-order valence-corrected chi connectivity index (χ2v) is 5.84. The smallest absolute Gasteiger partial charge is 0.251 e. The Labute approximate surface area is 142 Å². The SMILES string of the molecule is CC(C)c1nccn1-c1cc(F)ccc1On1ccc(=O)[nH]c1=S. The van der Waals surface area contributed by atoms with Crippen molar-refractivity contribution in [2.24, 2.45) is 0 Å².